The third-order valence-electron chi connectivity index (χ3n) is 4.67. The Morgan fingerprint density at radius 2 is 1.65 bits per heavy atom. The first-order valence-corrected chi connectivity index (χ1v) is 9.41. The van der Waals surface area contributed by atoms with Crippen molar-refractivity contribution < 1.29 is 14.5 Å². The van der Waals surface area contributed by atoms with Crippen LogP contribution in [0.25, 0.3) is 5.69 Å². The van der Waals surface area contributed by atoms with Crippen LogP contribution in [0.4, 0.5) is 11.4 Å². The Labute approximate surface area is 178 Å². The second-order valence-corrected chi connectivity index (χ2v) is 6.95. The Kier molecular flexibility index (Phi) is 6.25. The van der Waals surface area contributed by atoms with E-state index >= 15 is 0 Å². The number of aryl methyl sites for hydroxylation is 2. The van der Waals surface area contributed by atoms with Gasteiger partial charge in [0.2, 0.25) is 0 Å². The van der Waals surface area contributed by atoms with Gasteiger partial charge in [0.15, 0.2) is 0 Å². The number of non-ortho nitro benzene ring substituents is 1. The average molecular weight is 419 g/mol. The van der Waals surface area contributed by atoms with Crippen LogP contribution in [0.1, 0.15) is 22.5 Å². The summed E-state index contributed by atoms with van der Waals surface area (Å²) in [7, 11) is 0. The molecule has 9 nitrogen and oxygen atoms in total. The average Bonchev–Trinajstić information content (AvgIpc) is 3.02. The van der Waals surface area contributed by atoms with Crippen molar-refractivity contribution in [2.45, 2.75) is 20.8 Å². The van der Waals surface area contributed by atoms with Gasteiger partial charge in [0.25, 0.3) is 5.69 Å². The lowest BCUT2D eigenvalue weighted by molar-refractivity contribution is -0.384. The van der Waals surface area contributed by atoms with E-state index in [1.165, 1.54) is 36.0 Å². The fraction of sp³-hybridized carbons (Fsp3) is 0.136. The Bertz CT molecular complexity index is 1160. The van der Waals surface area contributed by atoms with Gasteiger partial charge in [-0.3, -0.25) is 19.7 Å². The highest BCUT2D eigenvalue weighted by Crippen LogP contribution is 2.20. The molecule has 0 saturated heterocycles. The molecule has 2 amide bonds. The van der Waals surface area contributed by atoms with E-state index in [0.29, 0.717) is 0 Å². The van der Waals surface area contributed by atoms with E-state index in [2.05, 4.69) is 20.4 Å². The van der Waals surface area contributed by atoms with E-state index < -0.39 is 16.7 Å². The molecule has 1 aromatic heterocycles. The number of hydrogen-bond donors (Lipinski definition) is 2. The number of nitro benzene ring substituents is 1. The number of rotatable bonds is 5. The predicted octanol–water partition coefficient (Wildman–Crippen LogP) is 3.40. The molecule has 2 N–H and O–H groups in total. The number of hydrogen-bond acceptors (Lipinski definition) is 5. The maximum atomic E-state index is 12.0. The first-order chi connectivity index (χ1) is 14.8. The highest BCUT2D eigenvalue weighted by atomic mass is 16.6. The van der Waals surface area contributed by atoms with Crippen molar-refractivity contribution in [1.29, 1.82) is 0 Å². The van der Waals surface area contributed by atoms with Crippen molar-refractivity contribution in [1.82, 2.24) is 9.99 Å². The summed E-state index contributed by atoms with van der Waals surface area (Å²) in [4.78, 5) is 34.1. The van der Waals surface area contributed by atoms with Gasteiger partial charge >= 0.3 is 11.8 Å². The normalized spacial score (nSPS) is 10.8. The molecule has 158 valence electrons. The molecule has 3 rings (SSSR count). The summed E-state index contributed by atoms with van der Waals surface area (Å²) in [6.45, 7) is 5.94. The summed E-state index contributed by atoms with van der Waals surface area (Å²) in [5, 5.41) is 16.9. The van der Waals surface area contributed by atoms with Crippen LogP contribution >= 0.6 is 0 Å². The summed E-state index contributed by atoms with van der Waals surface area (Å²) in [5.74, 6) is -1.89. The number of nitrogens with one attached hydrogen (secondary N) is 2. The second-order valence-electron chi connectivity index (χ2n) is 6.95. The zero-order valence-corrected chi connectivity index (χ0v) is 17.2. The zero-order valence-electron chi connectivity index (χ0n) is 17.2. The van der Waals surface area contributed by atoms with Gasteiger partial charge in [0.1, 0.15) is 0 Å². The van der Waals surface area contributed by atoms with Gasteiger partial charge in [0.05, 0.1) is 11.1 Å². The molecule has 3 aromatic rings. The summed E-state index contributed by atoms with van der Waals surface area (Å²) >= 11 is 0. The molecule has 0 unspecified atom stereocenters. The van der Waals surface area contributed by atoms with E-state index in [4.69, 9.17) is 0 Å². The van der Waals surface area contributed by atoms with Crippen molar-refractivity contribution in [2.75, 3.05) is 5.32 Å². The van der Waals surface area contributed by atoms with Crippen LogP contribution < -0.4 is 10.7 Å². The number of amides is 2. The standard InChI is InChI=1S/C22H21N5O4/c1-14-4-8-19(9-5-14)26-15(2)12-17(16(26)3)13-23-25-22(29)21(28)24-18-6-10-20(11-7-18)27(30)31/h4-13H,1-3H3,(H,24,28)(H,25,29)/b23-13-. The van der Waals surface area contributed by atoms with Crippen molar-refractivity contribution in [3.8, 4) is 5.69 Å². The molecule has 0 saturated carbocycles. The summed E-state index contributed by atoms with van der Waals surface area (Å²) in [5.41, 5.74) is 7.26. The summed E-state index contributed by atoms with van der Waals surface area (Å²) in [6, 6.07) is 15.2. The van der Waals surface area contributed by atoms with Gasteiger partial charge < -0.3 is 9.88 Å². The minimum Gasteiger partial charge on any atom is -0.318 e. The van der Waals surface area contributed by atoms with Gasteiger partial charge in [-0.15, -0.1) is 0 Å². The zero-order chi connectivity index (χ0) is 22.5. The molecule has 0 aliphatic carbocycles. The van der Waals surface area contributed by atoms with Crippen molar-refractivity contribution in [2.24, 2.45) is 5.10 Å². The maximum Gasteiger partial charge on any atom is 0.329 e. The fourth-order valence-electron chi connectivity index (χ4n) is 3.08. The van der Waals surface area contributed by atoms with Crippen molar-refractivity contribution in [3.05, 3.63) is 87.2 Å². The van der Waals surface area contributed by atoms with Crippen molar-refractivity contribution in [3.63, 3.8) is 0 Å². The van der Waals surface area contributed by atoms with Crippen LogP contribution in [0.2, 0.25) is 0 Å². The molecule has 1 heterocycles. The van der Waals surface area contributed by atoms with Crippen LogP contribution in [0.3, 0.4) is 0 Å². The van der Waals surface area contributed by atoms with Crippen LogP contribution in [0.15, 0.2) is 59.7 Å². The lowest BCUT2D eigenvalue weighted by Crippen LogP contribution is -2.32. The SMILES string of the molecule is Cc1ccc(-n2c(C)cc(/C=N\NC(=O)C(=O)Nc3ccc([N+](=O)[O-])cc3)c2C)cc1. The molecule has 0 aliphatic heterocycles. The van der Waals surface area contributed by atoms with Crippen LogP contribution in [0.5, 0.6) is 0 Å². The molecular weight excluding hydrogens is 398 g/mol. The first kappa shape index (κ1) is 21.4. The molecule has 0 atom stereocenters. The van der Waals surface area contributed by atoms with Gasteiger partial charge in [0, 0.05) is 40.5 Å². The molecule has 31 heavy (non-hydrogen) atoms. The highest BCUT2D eigenvalue weighted by Gasteiger charge is 2.14. The van der Waals surface area contributed by atoms with E-state index in [9.17, 15) is 19.7 Å². The first-order valence-electron chi connectivity index (χ1n) is 9.41. The smallest absolute Gasteiger partial charge is 0.318 e. The third-order valence-corrected chi connectivity index (χ3v) is 4.67. The molecular formula is C22H21N5O4. The summed E-state index contributed by atoms with van der Waals surface area (Å²) < 4.78 is 2.07. The topological polar surface area (TPSA) is 119 Å². The molecule has 2 aromatic carbocycles. The van der Waals surface area contributed by atoms with Gasteiger partial charge in [-0.2, -0.15) is 5.10 Å². The third kappa shape index (κ3) is 5.02. The second kappa shape index (κ2) is 9.04. The quantitative estimate of drug-likeness (QED) is 0.285. The van der Waals surface area contributed by atoms with E-state index in [1.807, 2.05) is 51.1 Å². The fourth-order valence-corrected chi connectivity index (χ4v) is 3.08. The number of hydrazone groups is 1. The van der Waals surface area contributed by atoms with Crippen LogP contribution in [0, 0.1) is 30.9 Å². The molecule has 9 heteroatoms. The Hall–Kier alpha value is -4.27. The van der Waals surface area contributed by atoms with Gasteiger partial charge in [-0.1, -0.05) is 17.7 Å². The van der Waals surface area contributed by atoms with Crippen LogP contribution in [-0.2, 0) is 9.59 Å². The largest absolute Gasteiger partial charge is 0.329 e. The number of anilines is 1. The van der Waals surface area contributed by atoms with Gasteiger partial charge in [-0.05, 0) is 51.1 Å². The minimum atomic E-state index is -0.957. The molecule has 0 bridgehead atoms. The lowest BCUT2D eigenvalue weighted by Gasteiger charge is -2.09. The van der Waals surface area contributed by atoms with Crippen LogP contribution in [-0.4, -0.2) is 27.5 Å². The molecule has 0 radical (unpaired) electrons. The molecule has 0 aliphatic rings. The Morgan fingerprint density at radius 1 is 1.00 bits per heavy atom. The monoisotopic (exact) mass is 419 g/mol. The number of aromatic nitrogens is 1. The van der Waals surface area contributed by atoms with E-state index in [1.54, 1.807) is 0 Å². The summed E-state index contributed by atoms with van der Waals surface area (Å²) in [6.07, 6.45) is 1.48. The lowest BCUT2D eigenvalue weighted by atomic mass is 10.2. The number of carbonyl (C=O) groups is 2. The number of nitro groups is 1. The minimum absolute atomic E-state index is 0.115. The van der Waals surface area contributed by atoms with E-state index in [0.717, 1.165) is 22.6 Å². The van der Waals surface area contributed by atoms with Crippen molar-refractivity contribution >= 4 is 29.4 Å². The number of benzene rings is 2. The van der Waals surface area contributed by atoms with Gasteiger partial charge in [-0.25, -0.2) is 5.43 Å². The Morgan fingerprint density at radius 3 is 2.26 bits per heavy atom. The number of carbonyl (C=O) groups excluding carboxylic acids is 2. The highest BCUT2D eigenvalue weighted by molar-refractivity contribution is 6.39. The molecule has 0 fully saturated rings. The molecule has 0 spiro atoms. The maximum absolute atomic E-state index is 12.0. The predicted molar refractivity (Wildman–Crippen MR) is 117 cm³/mol. The van der Waals surface area contributed by atoms with E-state index in [-0.39, 0.29) is 11.4 Å². The Balaban J connectivity index is 1.64. The number of nitrogens with zero attached hydrogens (tertiary/aromatic N) is 3.